The summed E-state index contributed by atoms with van der Waals surface area (Å²) in [5, 5.41) is 11.6. The van der Waals surface area contributed by atoms with Gasteiger partial charge >= 0.3 is 0 Å². The molecule has 0 fully saturated rings. The van der Waals surface area contributed by atoms with Gasteiger partial charge in [-0.15, -0.1) is 0 Å². The SMILES string of the molecule is COC(C(=O)Nc1ccc(O)c(F)c1)c1ccccc1. The monoisotopic (exact) mass is 275 g/mol. The highest BCUT2D eigenvalue weighted by Gasteiger charge is 2.20. The van der Waals surface area contributed by atoms with Crippen molar-refractivity contribution in [2.45, 2.75) is 6.10 Å². The zero-order valence-electron chi connectivity index (χ0n) is 10.8. The number of ether oxygens (including phenoxy) is 1. The van der Waals surface area contributed by atoms with Crippen LogP contribution in [0.3, 0.4) is 0 Å². The largest absolute Gasteiger partial charge is 0.505 e. The van der Waals surface area contributed by atoms with Crippen LogP contribution in [0.4, 0.5) is 10.1 Å². The van der Waals surface area contributed by atoms with E-state index in [4.69, 9.17) is 9.84 Å². The minimum atomic E-state index is -0.795. The first kappa shape index (κ1) is 14.0. The third-order valence-corrected chi connectivity index (χ3v) is 2.79. The Morgan fingerprint density at radius 2 is 1.95 bits per heavy atom. The molecule has 4 nitrogen and oxygen atoms in total. The maximum absolute atomic E-state index is 13.2. The van der Waals surface area contributed by atoms with Crippen LogP contribution in [0.2, 0.25) is 0 Å². The Kier molecular flexibility index (Phi) is 4.32. The van der Waals surface area contributed by atoms with Crippen LogP contribution >= 0.6 is 0 Å². The van der Waals surface area contributed by atoms with E-state index in [0.717, 1.165) is 6.07 Å². The van der Waals surface area contributed by atoms with Crippen LogP contribution in [0.5, 0.6) is 5.75 Å². The molecule has 0 spiro atoms. The topological polar surface area (TPSA) is 58.6 Å². The van der Waals surface area contributed by atoms with E-state index in [1.165, 1.54) is 19.2 Å². The smallest absolute Gasteiger partial charge is 0.258 e. The zero-order chi connectivity index (χ0) is 14.5. The Balaban J connectivity index is 2.15. The number of benzene rings is 2. The summed E-state index contributed by atoms with van der Waals surface area (Å²) >= 11 is 0. The second kappa shape index (κ2) is 6.16. The Labute approximate surface area is 115 Å². The fourth-order valence-corrected chi connectivity index (χ4v) is 1.81. The fraction of sp³-hybridized carbons (Fsp3) is 0.133. The Bertz CT molecular complexity index is 601. The first-order valence-electron chi connectivity index (χ1n) is 5.99. The summed E-state index contributed by atoms with van der Waals surface area (Å²) in [6, 6.07) is 12.6. The van der Waals surface area contributed by atoms with E-state index >= 15 is 0 Å². The maximum Gasteiger partial charge on any atom is 0.258 e. The number of methoxy groups -OCH3 is 1. The van der Waals surface area contributed by atoms with Gasteiger partial charge in [0.1, 0.15) is 0 Å². The average molecular weight is 275 g/mol. The first-order valence-corrected chi connectivity index (χ1v) is 5.99. The van der Waals surface area contributed by atoms with E-state index in [1.54, 1.807) is 24.3 Å². The lowest BCUT2D eigenvalue weighted by Gasteiger charge is -2.15. The van der Waals surface area contributed by atoms with Gasteiger partial charge in [-0.3, -0.25) is 4.79 Å². The zero-order valence-corrected chi connectivity index (χ0v) is 10.8. The van der Waals surface area contributed by atoms with Crippen LogP contribution in [-0.2, 0) is 9.53 Å². The van der Waals surface area contributed by atoms with E-state index in [0.29, 0.717) is 5.56 Å². The van der Waals surface area contributed by atoms with Gasteiger partial charge < -0.3 is 15.2 Å². The summed E-state index contributed by atoms with van der Waals surface area (Å²) in [7, 11) is 1.43. The molecule has 0 saturated carbocycles. The van der Waals surface area contributed by atoms with E-state index in [1.807, 2.05) is 6.07 Å². The van der Waals surface area contributed by atoms with Crippen molar-refractivity contribution in [3.05, 3.63) is 59.9 Å². The summed E-state index contributed by atoms with van der Waals surface area (Å²) in [4.78, 5) is 12.1. The van der Waals surface area contributed by atoms with Crippen LogP contribution in [-0.4, -0.2) is 18.1 Å². The molecule has 5 heteroatoms. The van der Waals surface area contributed by atoms with Crippen LogP contribution in [0.25, 0.3) is 0 Å². The van der Waals surface area contributed by atoms with Gasteiger partial charge in [0.2, 0.25) is 0 Å². The van der Waals surface area contributed by atoms with Gasteiger partial charge in [-0.1, -0.05) is 30.3 Å². The number of rotatable bonds is 4. The number of anilines is 1. The number of hydrogen-bond donors (Lipinski definition) is 2. The highest BCUT2D eigenvalue weighted by molar-refractivity contribution is 5.94. The molecule has 2 aromatic carbocycles. The Hall–Kier alpha value is -2.40. The third kappa shape index (κ3) is 3.13. The lowest BCUT2D eigenvalue weighted by atomic mass is 10.1. The molecular weight excluding hydrogens is 261 g/mol. The molecule has 0 bridgehead atoms. The molecule has 0 radical (unpaired) electrons. The predicted octanol–water partition coefficient (Wildman–Crippen LogP) is 2.86. The quantitative estimate of drug-likeness (QED) is 0.843. The molecule has 2 aromatic rings. The number of carbonyl (C=O) groups is 1. The third-order valence-electron chi connectivity index (χ3n) is 2.79. The standard InChI is InChI=1S/C15H14FNO3/c1-20-14(10-5-3-2-4-6-10)15(19)17-11-7-8-13(18)12(16)9-11/h2-9,14,18H,1H3,(H,17,19). The molecule has 0 aliphatic carbocycles. The molecule has 0 aliphatic rings. The van der Waals surface area contributed by atoms with E-state index in [2.05, 4.69) is 5.32 Å². The van der Waals surface area contributed by atoms with E-state index in [9.17, 15) is 9.18 Å². The van der Waals surface area contributed by atoms with Gasteiger partial charge in [0, 0.05) is 18.9 Å². The minimum Gasteiger partial charge on any atom is -0.505 e. The lowest BCUT2D eigenvalue weighted by Crippen LogP contribution is -2.22. The van der Waals surface area contributed by atoms with Crippen molar-refractivity contribution in [3.63, 3.8) is 0 Å². The highest BCUT2D eigenvalue weighted by Crippen LogP contribution is 2.22. The molecule has 104 valence electrons. The normalized spacial score (nSPS) is 11.9. The van der Waals surface area contributed by atoms with Crippen LogP contribution in [0.1, 0.15) is 11.7 Å². The number of aromatic hydroxyl groups is 1. The lowest BCUT2D eigenvalue weighted by molar-refractivity contribution is -0.126. The summed E-state index contributed by atoms with van der Waals surface area (Å²) in [6.45, 7) is 0. The second-order valence-electron chi connectivity index (χ2n) is 4.18. The van der Waals surface area contributed by atoms with Gasteiger partial charge in [0.15, 0.2) is 17.7 Å². The molecule has 1 atom stereocenters. The Morgan fingerprint density at radius 1 is 1.25 bits per heavy atom. The van der Waals surface area contributed by atoms with Crippen molar-refractivity contribution in [2.24, 2.45) is 0 Å². The summed E-state index contributed by atoms with van der Waals surface area (Å²) in [5.74, 6) is -1.67. The first-order chi connectivity index (χ1) is 9.61. The molecule has 20 heavy (non-hydrogen) atoms. The summed E-state index contributed by atoms with van der Waals surface area (Å²) in [5.41, 5.74) is 0.954. The molecule has 1 amide bonds. The van der Waals surface area contributed by atoms with E-state index in [-0.39, 0.29) is 5.69 Å². The number of amides is 1. The minimum absolute atomic E-state index is 0.253. The van der Waals surface area contributed by atoms with Crippen molar-refractivity contribution in [3.8, 4) is 5.75 Å². The summed E-state index contributed by atoms with van der Waals surface area (Å²) < 4.78 is 18.4. The molecule has 2 rings (SSSR count). The van der Waals surface area contributed by atoms with Gasteiger partial charge in [-0.2, -0.15) is 0 Å². The highest BCUT2D eigenvalue weighted by atomic mass is 19.1. The van der Waals surface area contributed by atoms with Crippen LogP contribution < -0.4 is 5.32 Å². The molecule has 0 heterocycles. The molecule has 2 N–H and O–H groups in total. The van der Waals surface area contributed by atoms with Crippen LogP contribution in [0, 0.1) is 5.82 Å². The van der Waals surface area contributed by atoms with Gasteiger partial charge in [0.25, 0.3) is 5.91 Å². The molecule has 0 saturated heterocycles. The van der Waals surface area contributed by atoms with Crippen LogP contribution in [0.15, 0.2) is 48.5 Å². The van der Waals surface area contributed by atoms with Gasteiger partial charge in [0.05, 0.1) is 0 Å². The van der Waals surface area contributed by atoms with Crippen molar-refractivity contribution < 1.29 is 19.0 Å². The van der Waals surface area contributed by atoms with Gasteiger partial charge in [-0.05, 0) is 17.7 Å². The number of phenols is 1. The van der Waals surface area contributed by atoms with Crippen molar-refractivity contribution in [1.82, 2.24) is 0 Å². The van der Waals surface area contributed by atoms with Crippen molar-refractivity contribution in [1.29, 1.82) is 0 Å². The maximum atomic E-state index is 13.2. The number of halogens is 1. The average Bonchev–Trinajstić information content (AvgIpc) is 2.45. The molecular formula is C15H14FNO3. The number of hydrogen-bond acceptors (Lipinski definition) is 3. The molecule has 1 unspecified atom stereocenters. The number of carbonyl (C=O) groups excluding carboxylic acids is 1. The predicted molar refractivity (Wildman–Crippen MR) is 72.9 cm³/mol. The van der Waals surface area contributed by atoms with Gasteiger partial charge in [-0.25, -0.2) is 4.39 Å². The van der Waals surface area contributed by atoms with Crippen molar-refractivity contribution in [2.75, 3.05) is 12.4 Å². The second-order valence-corrected chi connectivity index (χ2v) is 4.18. The summed E-state index contributed by atoms with van der Waals surface area (Å²) in [6.07, 6.45) is -0.784. The Morgan fingerprint density at radius 3 is 2.55 bits per heavy atom. The fourth-order valence-electron chi connectivity index (χ4n) is 1.81. The molecule has 0 aromatic heterocycles. The molecule has 0 aliphatic heterocycles. The van der Waals surface area contributed by atoms with Crippen molar-refractivity contribution >= 4 is 11.6 Å². The number of nitrogens with one attached hydrogen (secondary N) is 1. The number of phenolic OH excluding ortho intramolecular Hbond substituents is 1. The van der Waals surface area contributed by atoms with E-state index < -0.39 is 23.6 Å².